The van der Waals surface area contributed by atoms with Gasteiger partial charge in [-0.25, -0.2) is 4.98 Å². The summed E-state index contributed by atoms with van der Waals surface area (Å²) in [5.41, 5.74) is 2.52. The number of rotatable bonds is 3. The van der Waals surface area contributed by atoms with Crippen LogP contribution >= 0.6 is 0 Å². The summed E-state index contributed by atoms with van der Waals surface area (Å²) >= 11 is 0. The van der Waals surface area contributed by atoms with Crippen molar-refractivity contribution in [3.63, 3.8) is 0 Å². The lowest BCUT2D eigenvalue weighted by molar-refractivity contribution is 0.0934. The molecule has 0 spiro atoms. The predicted molar refractivity (Wildman–Crippen MR) is 80.4 cm³/mol. The molecule has 0 aliphatic carbocycles. The summed E-state index contributed by atoms with van der Waals surface area (Å²) < 4.78 is 5.73. The Morgan fingerprint density at radius 3 is 3.00 bits per heavy atom. The Morgan fingerprint density at radius 2 is 2.14 bits per heavy atom. The SMILES string of the molecule is Cc1cccc(C(=O)NCC2COc3ccccc3C2)n1. The van der Waals surface area contributed by atoms with Crippen molar-refractivity contribution in [2.45, 2.75) is 13.3 Å². The normalized spacial score (nSPS) is 16.7. The fourth-order valence-corrected chi connectivity index (χ4v) is 2.52. The van der Waals surface area contributed by atoms with Gasteiger partial charge in [0.15, 0.2) is 0 Å². The van der Waals surface area contributed by atoms with E-state index in [1.54, 1.807) is 6.07 Å². The largest absolute Gasteiger partial charge is 0.493 e. The van der Waals surface area contributed by atoms with Gasteiger partial charge in [-0.05, 0) is 37.1 Å². The van der Waals surface area contributed by atoms with Crippen molar-refractivity contribution in [2.24, 2.45) is 5.92 Å². The van der Waals surface area contributed by atoms with Crippen LogP contribution in [0.2, 0.25) is 0 Å². The Morgan fingerprint density at radius 1 is 1.29 bits per heavy atom. The number of benzene rings is 1. The molecule has 1 atom stereocenters. The fourth-order valence-electron chi connectivity index (χ4n) is 2.52. The third-order valence-electron chi connectivity index (χ3n) is 3.63. The molecule has 108 valence electrons. The molecule has 4 heteroatoms. The number of fused-ring (bicyclic) bond motifs is 1. The summed E-state index contributed by atoms with van der Waals surface area (Å²) in [5.74, 6) is 1.13. The van der Waals surface area contributed by atoms with Crippen LogP contribution in [0.4, 0.5) is 0 Å². The van der Waals surface area contributed by atoms with Gasteiger partial charge in [0.05, 0.1) is 6.61 Å². The second-order valence-corrected chi connectivity index (χ2v) is 5.36. The van der Waals surface area contributed by atoms with Gasteiger partial charge in [-0.2, -0.15) is 0 Å². The molecule has 2 aromatic rings. The molecular formula is C17H18N2O2. The highest BCUT2D eigenvalue weighted by Gasteiger charge is 2.20. The summed E-state index contributed by atoms with van der Waals surface area (Å²) in [4.78, 5) is 16.3. The van der Waals surface area contributed by atoms with Crippen molar-refractivity contribution in [2.75, 3.05) is 13.2 Å². The number of hydrogen-bond acceptors (Lipinski definition) is 3. The van der Waals surface area contributed by atoms with Gasteiger partial charge in [0.2, 0.25) is 0 Å². The monoisotopic (exact) mass is 282 g/mol. The molecule has 0 saturated carbocycles. The molecular weight excluding hydrogens is 264 g/mol. The van der Waals surface area contributed by atoms with Gasteiger partial charge < -0.3 is 10.1 Å². The molecule has 1 amide bonds. The third kappa shape index (κ3) is 3.21. The van der Waals surface area contributed by atoms with Gasteiger partial charge in [0.25, 0.3) is 5.91 Å². The predicted octanol–water partition coefficient (Wildman–Crippen LogP) is 2.37. The van der Waals surface area contributed by atoms with E-state index in [-0.39, 0.29) is 5.91 Å². The molecule has 3 rings (SSSR count). The lowest BCUT2D eigenvalue weighted by atomic mass is 9.97. The van der Waals surface area contributed by atoms with Crippen molar-refractivity contribution < 1.29 is 9.53 Å². The van der Waals surface area contributed by atoms with Crippen LogP contribution in [0.15, 0.2) is 42.5 Å². The number of nitrogens with zero attached hydrogens (tertiary/aromatic N) is 1. The van der Waals surface area contributed by atoms with Gasteiger partial charge in [-0.1, -0.05) is 24.3 Å². The standard InChI is InChI=1S/C17H18N2O2/c1-12-5-4-7-15(19-12)17(20)18-10-13-9-14-6-2-3-8-16(14)21-11-13/h2-8,13H,9-11H2,1H3,(H,18,20). The third-order valence-corrected chi connectivity index (χ3v) is 3.63. The number of para-hydroxylation sites is 1. The molecule has 21 heavy (non-hydrogen) atoms. The number of ether oxygens (including phenoxy) is 1. The van der Waals surface area contributed by atoms with Crippen molar-refractivity contribution in [1.82, 2.24) is 10.3 Å². The topological polar surface area (TPSA) is 51.2 Å². The number of carbonyl (C=O) groups excluding carboxylic acids is 1. The molecule has 1 aromatic carbocycles. The van der Waals surface area contributed by atoms with Crippen molar-refractivity contribution in [1.29, 1.82) is 0 Å². The maximum Gasteiger partial charge on any atom is 0.269 e. The molecule has 0 radical (unpaired) electrons. The first-order valence-corrected chi connectivity index (χ1v) is 7.15. The molecule has 4 nitrogen and oxygen atoms in total. The van der Waals surface area contributed by atoms with Crippen LogP contribution in [0.25, 0.3) is 0 Å². The zero-order chi connectivity index (χ0) is 14.7. The molecule has 0 bridgehead atoms. The second kappa shape index (κ2) is 5.95. The number of nitrogens with one attached hydrogen (secondary N) is 1. The lowest BCUT2D eigenvalue weighted by Crippen LogP contribution is -2.35. The Hall–Kier alpha value is -2.36. The maximum absolute atomic E-state index is 12.1. The molecule has 1 aromatic heterocycles. The smallest absolute Gasteiger partial charge is 0.269 e. The van der Waals surface area contributed by atoms with Crippen molar-refractivity contribution in [3.8, 4) is 5.75 Å². The highest BCUT2D eigenvalue weighted by atomic mass is 16.5. The average Bonchev–Trinajstić information content (AvgIpc) is 2.52. The summed E-state index contributed by atoms with van der Waals surface area (Å²) in [5, 5.41) is 2.95. The first-order valence-electron chi connectivity index (χ1n) is 7.15. The Balaban J connectivity index is 1.58. The average molecular weight is 282 g/mol. The Labute approximate surface area is 124 Å². The first-order chi connectivity index (χ1) is 10.2. The minimum atomic E-state index is -0.127. The van der Waals surface area contributed by atoms with Crippen LogP contribution in [-0.2, 0) is 6.42 Å². The van der Waals surface area contributed by atoms with Crippen LogP contribution < -0.4 is 10.1 Å². The molecule has 2 heterocycles. The summed E-state index contributed by atoms with van der Waals surface area (Å²) in [7, 11) is 0. The minimum Gasteiger partial charge on any atom is -0.493 e. The molecule has 1 aliphatic rings. The van der Waals surface area contributed by atoms with Gasteiger partial charge in [-0.3, -0.25) is 4.79 Å². The molecule has 1 unspecified atom stereocenters. The van der Waals surface area contributed by atoms with Crippen molar-refractivity contribution >= 4 is 5.91 Å². The highest BCUT2D eigenvalue weighted by molar-refractivity contribution is 5.92. The minimum absolute atomic E-state index is 0.127. The number of aromatic nitrogens is 1. The van der Waals surface area contributed by atoms with Crippen LogP contribution in [0.5, 0.6) is 5.75 Å². The number of hydrogen-bond donors (Lipinski definition) is 1. The van der Waals surface area contributed by atoms with Gasteiger partial charge in [-0.15, -0.1) is 0 Å². The first kappa shape index (κ1) is 13.6. The van der Waals surface area contributed by atoms with E-state index >= 15 is 0 Å². The van der Waals surface area contributed by atoms with E-state index in [0.29, 0.717) is 24.8 Å². The zero-order valence-electron chi connectivity index (χ0n) is 12.0. The van der Waals surface area contributed by atoms with Crippen LogP contribution in [0.3, 0.4) is 0 Å². The Bertz CT molecular complexity index is 655. The van der Waals surface area contributed by atoms with E-state index in [0.717, 1.165) is 17.9 Å². The van der Waals surface area contributed by atoms with Crippen molar-refractivity contribution in [3.05, 3.63) is 59.4 Å². The summed E-state index contributed by atoms with van der Waals surface area (Å²) in [6.07, 6.45) is 0.928. The molecule has 0 saturated heterocycles. The van der Waals surface area contributed by atoms with E-state index in [4.69, 9.17) is 4.74 Å². The van der Waals surface area contributed by atoms with Crippen LogP contribution in [-0.4, -0.2) is 24.0 Å². The van der Waals surface area contributed by atoms with E-state index in [9.17, 15) is 4.79 Å². The zero-order valence-corrected chi connectivity index (χ0v) is 12.0. The Kier molecular flexibility index (Phi) is 3.86. The van der Waals surface area contributed by atoms with Gasteiger partial charge in [0.1, 0.15) is 11.4 Å². The summed E-state index contributed by atoms with van der Waals surface area (Å²) in [6, 6.07) is 13.5. The summed E-state index contributed by atoms with van der Waals surface area (Å²) in [6.45, 7) is 3.12. The number of aryl methyl sites for hydroxylation is 1. The molecule has 1 aliphatic heterocycles. The highest BCUT2D eigenvalue weighted by Crippen LogP contribution is 2.26. The molecule has 1 N–H and O–H groups in total. The van der Waals surface area contributed by atoms with E-state index in [2.05, 4.69) is 16.4 Å². The number of carbonyl (C=O) groups is 1. The van der Waals surface area contributed by atoms with Gasteiger partial charge in [0, 0.05) is 18.2 Å². The quantitative estimate of drug-likeness (QED) is 0.940. The second-order valence-electron chi connectivity index (χ2n) is 5.36. The number of amides is 1. The van der Waals surface area contributed by atoms with E-state index < -0.39 is 0 Å². The fraction of sp³-hybridized carbons (Fsp3) is 0.294. The van der Waals surface area contributed by atoms with Gasteiger partial charge >= 0.3 is 0 Å². The van der Waals surface area contributed by atoms with E-state index in [1.807, 2.05) is 37.3 Å². The van der Waals surface area contributed by atoms with Crippen LogP contribution in [0.1, 0.15) is 21.7 Å². The number of pyridine rings is 1. The maximum atomic E-state index is 12.1. The molecule has 0 fully saturated rings. The lowest BCUT2D eigenvalue weighted by Gasteiger charge is -2.25. The van der Waals surface area contributed by atoms with Crippen LogP contribution in [0, 0.1) is 12.8 Å². The van der Waals surface area contributed by atoms with E-state index in [1.165, 1.54) is 5.56 Å².